The SMILES string of the molecule is C#CC(CC)(CC)NC(=O)CNC(=O)c1ccccc1OCC. The number of benzene rings is 1. The largest absolute Gasteiger partial charge is 0.493 e. The minimum absolute atomic E-state index is 0.136. The first-order valence-electron chi connectivity index (χ1n) is 7.80. The highest BCUT2D eigenvalue weighted by Gasteiger charge is 2.25. The molecule has 124 valence electrons. The molecule has 1 rings (SSSR count). The summed E-state index contributed by atoms with van der Waals surface area (Å²) in [5.41, 5.74) is -0.262. The van der Waals surface area contributed by atoms with Gasteiger partial charge in [0.1, 0.15) is 11.3 Å². The number of amides is 2. The van der Waals surface area contributed by atoms with Gasteiger partial charge in [-0.05, 0) is 31.9 Å². The monoisotopic (exact) mass is 316 g/mol. The van der Waals surface area contributed by atoms with E-state index in [4.69, 9.17) is 11.2 Å². The van der Waals surface area contributed by atoms with E-state index in [1.807, 2.05) is 20.8 Å². The third kappa shape index (κ3) is 5.03. The number of terminal acetylenes is 1. The van der Waals surface area contributed by atoms with Gasteiger partial charge >= 0.3 is 0 Å². The molecule has 5 heteroatoms. The Hall–Kier alpha value is -2.48. The van der Waals surface area contributed by atoms with E-state index in [0.717, 1.165) is 0 Å². The molecule has 1 aromatic carbocycles. The molecule has 5 nitrogen and oxygen atoms in total. The number of carbonyl (C=O) groups is 2. The molecule has 0 unspecified atom stereocenters. The summed E-state index contributed by atoms with van der Waals surface area (Å²) < 4.78 is 5.41. The fraction of sp³-hybridized carbons (Fsp3) is 0.444. The minimum atomic E-state index is -0.662. The fourth-order valence-electron chi connectivity index (χ4n) is 2.17. The van der Waals surface area contributed by atoms with Crippen LogP contribution in [-0.2, 0) is 4.79 Å². The molecule has 23 heavy (non-hydrogen) atoms. The normalized spacial score (nSPS) is 10.5. The molecular weight excluding hydrogens is 292 g/mol. The predicted molar refractivity (Wildman–Crippen MR) is 90.2 cm³/mol. The standard InChI is InChI=1S/C18H24N2O3/c1-5-18(6-2,7-3)20-16(21)13-19-17(22)14-11-9-10-12-15(14)23-8-4/h1,9-12H,6-8,13H2,2-4H3,(H,19,22)(H,20,21). The average molecular weight is 316 g/mol. The first kappa shape index (κ1) is 18.6. The predicted octanol–water partition coefficient (Wildman–Crippen LogP) is 2.12. The summed E-state index contributed by atoms with van der Waals surface area (Å²) in [6.45, 7) is 6.00. The number of carbonyl (C=O) groups excluding carboxylic acids is 2. The topological polar surface area (TPSA) is 67.4 Å². The van der Waals surface area contributed by atoms with Crippen molar-refractivity contribution in [1.29, 1.82) is 0 Å². The first-order chi connectivity index (χ1) is 11.0. The number of hydrogen-bond acceptors (Lipinski definition) is 3. The molecule has 0 saturated carbocycles. The molecule has 0 bridgehead atoms. The summed E-state index contributed by atoms with van der Waals surface area (Å²) in [7, 11) is 0. The molecule has 0 aromatic heterocycles. The smallest absolute Gasteiger partial charge is 0.255 e. The maximum absolute atomic E-state index is 12.2. The quantitative estimate of drug-likeness (QED) is 0.722. The van der Waals surface area contributed by atoms with E-state index in [2.05, 4.69) is 16.6 Å². The van der Waals surface area contributed by atoms with Crippen molar-refractivity contribution in [2.75, 3.05) is 13.2 Å². The van der Waals surface area contributed by atoms with Crippen molar-refractivity contribution in [2.45, 2.75) is 39.2 Å². The lowest BCUT2D eigenvalue weighted by Gasteiger charge is -2.27. The van der Waals surface area contributed by atoms with Crippen molar-refractivity contribution < 1.29 is 14.3 Å². The molecule has 2 N–H and O–H groups in total. The zero-order valence-electron chi connectivity index (χ0n) is 13.9. The summed E-state index contributed by atoms with van der Waals surface area (Å²) in [4.78, 5) is 24.2. The highest BCUT2D eigenvalue weighted by atomic mass is 16.5. The van der Waals surface area contributed by atoms with E-state index in [9.17, 15) is 9.59 Å². The van der Waals surface area contributed by atoms with Gasteiger partial charge in [0, 0.05) is 0 Å². The molecule has 0 saturated heterocycles. The Morgan fingerprint density at radius 3 is 2.43 bits per heavy atom. The minimum Gasteiger partial charge on any atom is -0.493 e. The van der Waals surface area contributed by atoms with E-state index in [-0.39, 0.29) is 18.4 Å². The summed E-state index contributed by atoms with van der Waals surface area (Å²) in [5, 5.41) is 5.40. The third-order valence-electron chi connectivity index (χ3n) is 3.70. The summed E-state index contributed by atoms with van der Waals surface area (Å²) >= 11 is 0. The summed E-state index contributed by atoms with van der Waals surface area (Å²) in [5.74, 6) is 2.45. The molecule has 2 amide bonds. The maximum Gasteiger partial charge on any atom is 0.255 e. The van der Waals surface area contributed by atoms with E-state index < -0.39 is 5.54 Å². The average Bonchev–Trinajstić information content (AvgIpc) is 2.58. The molecule has 0 spiro atoms. The second-order valence-corrected chi connectivity index (χ2v) is 5.09. The van der Waals surface area contributed by atoms with Gasteiger partial charge in [0.25, 0.3) is 5.91 Å². The lowest BCUT2D eigenvalue weighted by atomic mass is 9.94. The molecule has 1 aromatic rings. The Kier molecular flexibility index (Phi) is 7.14. The lowest BCUT2D eigenvalue weighted by molar-refractivity contribution is -0.121. The van der Waals surface area contributed by atoms with Crippen molar-refractivity contribution in [2.24, 2.45) is 0 Å². The van der Waals surface area contributed by atoms with Crippen LogP contribution in [0.15, 0.2) is 24.3 Å². The second kappa shape index (κ2) is 8.84. The van der Waals surface area contributed by atoms with Gasteiger partial charge in [0.05, 0.1) is 18.7 Å². The van der Waals surface area contributed by atoms with Gasteiger partial charge in [-0.15, -0.1) is 6.42 Å². The Balaban J connectivity index is 2.67. The Morgan fingerprint density at radius 1 is 1.22 bits per heavy atom. The summed E-state index contributed by atoms with van der Waals surface area (Å²) in [6, 6.07) is 6.91. The van der Waals surface area contributed by atoms with Crippen molar-refractivity contribution >= 4 is 11.8 Å². The van der Waals surface area contributed by atoms with Gasteiger partial charge < -0.3 is 15.4 Å². The van der Waals surface area contributed by atoms with Gasteiger partial charge in [0.2, 0.25) is 5.91 Å². The van der Waals surface area contributed by atoms with Crippen LogP contribution in [0.25, 0.3) is 0 Å². The molecule has 0 fully saturated rings. The van der Waals surface area contributed by atoms with Gasteiger partial charge in [0.15, 0.2) is 0 Å². The van der Waals surface area contributed by atoms with Crippen LogP contribution in [0.2, 0.25) is 0 Å². The second-order valence-electron chi connectivity index (χ2n) is 5.09. The highest BCUT2D eigenvalue weighted by molar-refractivity contribution is 5.98. The van der Waals surface area contributed by atoms with Crippen molar-refractivity contribution in [3.05, 3.63) is 29.8 Å². The highest BCUT2D eigenvalue weighted by Crippen LogP contribution is 2.17. The van der Waals surface area contributed by atoms with Crippen LogP contribution in [0.5, 0.6) is 5.75 Å². The van der Waals surface area contributed by atoms with Crippen LogP contribution in [0.1, 0.15) is 44.0 Å². The molecule has 0 radical (unpaired) electrons. The molecular formula is C18H24N2O3. The van der Waals surface area contributed by atoms with Crippen LogP contribution in [0, 0.1) is 12.3 Å². The fourth-order valence-corrected chi connectivity index (χ4v) is 2.17. The van der Waals surface area contributed by atoms with Crippen LogP contribution < -0.4 is 15.4 Å². The zero-order valence-corrected chi connectivity index (χ0v) is 13.9. The lowest BCUT2D eigenvalue weighted by Crippen LogP contribution is -2.50. The van der Waals surface area contributed by atoms with Gasteiger partial charge in [-0.3, -0.25) is 9.59 Å². The van der Waals surface area contributed by atoms with Crippen molar-refractivity contribution in [3.63, 3.8) is 0 Å². The first-order valence-corrected chi connectivity index (χ1v) is 7.80. The van der Waals surface area contributed by atoms with Crippen LogP contribution >= 0.6 is 0 Å². The molecule has 0 aliphatic carbocycles. The molecule has 0 heterocycles. The van der Waals surface area contributed by atoms with Gasteiger partial charge in [-0.1, -0.05) is 31.9 Å². The number of para-hydroxylation sites is 1. The van der Waals surface area contributed by atoms with Gasteiger partial charge in [-0.2, -0.15) is 0 Å². The molecule has 0 atom stereocenters. The number of ether oxygens (including phenoxy) is 1. The maximum atomic E-state index is 12.2. The molecule has 0 aliphatic heterocycles. The van der Waals surface area contributed by atoms with E-state index in [0.29, 0.717) is 30.8 Å². The number of nitrogens with one attached hydrogen (secondary N) is 2. The van der Waals surface area contributed by atoms with Crippen LogP contribution in [0.4, 0.5) is 0 Å². The van der Waals surface area contributed by atoms with Crippen LogP contribution in [-0.4, -0.2) is 30.5 Å². The van der Waals surface area contributed by atoms with Gasteiger partial charge in [-0.25, -0.2) is 0 Å². The molecule has 0 aliphatic rings. The Labute approximate surface area is 137 Å². The Morgan fingerprint density at radius 2 is 1.87 bits per heavy atom. The van der Waals surface area contributed by atoms with E-state index in [1.54, 1.807) is 24.3 Å². The zero-order chi connectivity index (χ0) is 17.3. The number of rotatable bonds is 8. The van der Waals surface area contributed by atoms with E-state index >= 15 is 0 Å². The van der Waals surface area contributed by atoms with Crippen molar-refractivity contribution in [1.82, 2.24) is 10.6 Å². The van der Waals surface area contributed by atoms with E-state index in [1.165, 1.54) is 0 Å². The van der Waals surface area contributed by atoms with Crippen LogP contribution in [0.3, 0.4) is 0 Å². The summed E-state index contributed by atoms with van der Waals surface area (Å²) in [6.07, 6.45) is 6.77. The van der Waals surface area contributed by atoms with Crippen molar-refractivity contribution in [3.8, 4) is 18.1 Å². The third-order valence-corrected chi connectivity index (χ3v) is 3.70. The number of hydrogen-bond donors (Lipinski definition) is 2. The Bertz CT molecular complexity index is 586.